The van der Waals surface area contributed by atoms with E-state index < -0.39 is 6.10 Å². The number of hydrogen-bond donors (Lipinski definition) is 0. The maximum atomic E-state index is 12.7. The predicted octanol–water partition coefficient (Wildman–Crippen LogP) is 17.3. The molecule has 64 heavy (non-hydrogen) atoms. The Labute approximate surface area is 393 Å². The van der Waals surface area contributed by atoms with E-state index in [4.69, 9.17) is 14.2 Å². The first kappa shape index (κ1) is 59.8. The Bertz CT molecular complexity index is 1410. The van der Waals surface area contributed by atoms with Gasteiger partial charge < -0.3 is 14.2 Å². The van der Waals surface area contributed by atoms with Crippen LogP contribution in [0.4, 0.5) is 0 Å². The second-order valence-electron chi connectivity index (χ2n) is 15.9. The summed E-state index contributed by atoms with van der Waals surface area (Å²) in [5.74, 6) is -0.540. The smallest absolute Gasteiger partial charge is 0.306 e. The molecule has 0 heterocycles. The van der Waals surface area contributed by atoms with Gasteiger partial charge in [-0.25, -0.2) is 0 Å². The Kier molecular flexibility index (Phi) is 49.6. The highest BCUT2D eigenvalue weighted by Gasteiger charge is 2.17. The molecule has 0 aromatic heterocycles. The lowest BCUT2D eigenvalue weighted by molar-refractivity contribution is -0.162. The van der Waals surface area contributed by atoms with Gasteiger partial charge in [-0.15, -0.1) is 0 Å². The number of ether oxygens (including phenoxy) is 3. The van der Waals surface area contributed by atoms with Crippen molar-refractivity contribution in [3.05, 3.63) is 146 Å². The third-order valence-electron chi connectivity index (χ3n) is 9.86. The van der Waals surface area contributed by atoms with E-state index in [-0.39, 0.29) is 31.6 Å². The summed E-state index contributed by atoms with van der Waals surface area (Å²) in [4.78, 5) is 25.4. The number of carbonyl (C=O) groups is 2. The van der Waals surface area contributed by atoms with Gasteiger partial charge in [-0.3, -0.25) is 9.59 Å². The third kappa shape index (κ3) is 50.4. The van der Waals surface area contributed by atoms with Gasteiger partial charge in [0.15, 0.2) is 6.10 Å². The molecule has 0 rings (SSSR count). The van der Waals surface area contributed by atoms with Crippen LogP contribution in [0.15, 0.2) is 146 Å². The molecule has 0 spiro atoms. The zero-order valence-electron chi connectivity index (χ0n) is 41.0. The van der Waals surface area contributed by atoms with E-state index in [1.54, 1.807) is 0 Å². The van der Waals surface area contributed by atoms with E-state index in [1.807, 2.05) is 6.08 Å². The zero-order valence-corrected chi connectivity index (χ0v) is 41.0. The molecule has 0 saturated carbocycles. The van der Waals surface area contributed by atoms with Crippen LogP contribution in [0.5, 0.6) is 0 Å². The van der Waals surface area contributed by atoms with Gasteiger partial charge >= 0.3 is 11.9 Å². The summed E-state index contributed by atoms with van der Waals surface area (Å²) < 4.78 is 17.3. The molecule has 0 N–H and O–H groups in total. The minimum absolute atomic E-state index is 0.0234. The van der Waals surface area contributed by atoms with Gasteiger partial charge in [0.2, 0.25) is 0 Å². The van der Waals surface area contributed by atoms with Crippen LogP contribution in [0.1, 0.15) is 188 Å². The molecule has 0 aliphatic rings. The van der Waals surface area contributed by atoms with Gasteiger partial charge in [-0.1, -0.05) is 199 Å². The molecule has 0 saturated heterocycles. The summed E-state index contributed by atoms with van der Waals surface area (Å²) in [6.45, 7) is 7.27. The van der Waals surface area contributed by atoms with Gasteiger partial charge in [0.25, 0.3) is 0 Å². The third-order valence-corrected chi connectivity index (χ3v) is 9.86. The van der Waals surface area contributed by atoms with Gasteiger partial charge in [-0.05, 0) is 122 Å². The molecule has 0 fully saturated rings. The molecule has 0 bridgehead atoms. The maximum absolute atomic E-state index is 12.7. The van der Waals surface area contributed by atoms with E-state index in [2.05, 4.69) is 161 Å². The number of unbranched alkanes of at least 4 members (excludes halogenated alkanes) is 9. The van der Waals surface area contributed by atoms with Crippen molar-refractivity contribution in [3.63, 3.8) is 0 Å². The van der Waals surface area contributed by atoms with E-state index in [9.17, 15) is 9.59 Å². The van der Waals surface area contributed by atoms with E-state index in [0.717, 1.165) is 122 Å². The Hall–Kier alpha value is -4.22. The molecular formula is C59H92O5. The lowest BCUT2D eigenvalue weighted by Gasteiger charge is -2.18. The molecule has 0 aromatic carbocycles. The normalized spacial score (nSPS) is 13.5. The lowest BCUT2D eigenvalue weighted by atomic mass is 10.1. The highest BCUT2D eigenvalue weighted by molar-refractivity contribution is 5.70. The number of hydrogen-bond acceptors (Lipinski definition) is 5. The van der Waals surface area contributed by atoms with Gasteiger partial charge in [0, 0.05) is 19.4 Å². The second kappa shape index (κ2) is 53.1. The molecule has 5 nitrogen and oxygen atoms in total. The average Bonchev–Trinajstić information content (AvgIpc) is 3.30. The molecule has 0 radical (unpaired) electrons. The number of rotatable bonds is 44. The first-order chi connectivity index (χ1) is 31.6. The van der Waals surface area contributed by atoms with E-state index in [1.165, 1.54) is 25.7 Å². The van der Waals surface area contributed by atoms with Crippen molar-refractivity contribution in [2.75, 3.05) is 19.8 Å². The van der Waals surface area contributed by atoms with Crippen LogP contribution < -0.4 is 0 Å². The van der Waals surface area contributed by atoms with Crippen LogP contribution in [-0.2, 0) is 23.8 Å². The van der Waals surface area contributed by atoms with Crippen LogP contribution in [0, 0.1) is 0 Å². The van der Waals surface area contributed by atoms with Crippen molar-refractivity contribution in [1.82, 2.24) is 0 Å². The maximum Gasteiger partial charge on any atom is 0.306 e. The van der Waals surface area contributed by atoms with Crippen LogP contribution in [-0.4, -0.2) is 37.9 Å². The van der Waals surface area contributed by atoms with E-state index >= 15 is 0 Å². The van der Waals surface area contributed by atoms with Crippen molar-refractivity contribution < 1.29 is 23.8 Å². The van der Waals surface area contributed by atoms with Gasteiger partial charge in [0.05, 0.1) is 6.61 Å². The van der Waals surface area contributed by atoms with Crippen molar-refractivity contribution in [1.29, 1.82) is 0 Å². The topological polar surface area (TPSA) is 61.8 Å². The van der Waals surface area contributed by atoms with Crippen LogP contribution >= 0.6 is 0 Å². The molecule has 1 unspecified atom stereocenters. The van der Waals surface area contributed by atoms with Crippen molar-refractivity contribution in [3.8, 4) is 0 Å². The first-order valence-electron chi connectivity index (χ1n) is 25.4. The fourth-order valence-corrected chi connectivity index (χ4v) is 6.21. The van der Waals surface area contributed by atoms with Crippen molar-refractivity contribution in [2.24, 2.45) is 0 Å². The summed E-state index contributed by atoms with van der Waals surface area (Å²) in [7, 11) is 0. The SMILES string of the molecule is CC/C=C\C/C=C\C/C=C\C/C=C\C/C=C\CCCCOCC(COC(=O)CCCCCCCCC/C=C\C/C=C\C/C=C\CC)OC(=O)CC/C=C\C/C=C\C/C=C\C/C=C\CC. The first-order valence-corrected chi connectivity index (χ1v) is 25.4. The number of esters is 2. The minimum Gasteiger partial charge on any atom is -0.462 e. The zero-order chi connectivity index (χ0) is 46.3. The Morgan fingerprint density at radius 2 is 0.688 bits per heavy atom. The van der Waals surface area contributed by atoms with Crippen molar-refractivity contribution in [2.45, 2.75) is 194 Å². The largest absolute Gasteiger partial charge is 0.462 e. The molecule has 0 aliphatic heterocycles. The minimum atomic E-state index is -0.612. The molecule has 0 aliphatic carbocycles. The summed E-state index contributed by atoms with van der Waals surface area (Å²) in [5, 5.41) is 0. The molecular weight excluding hydrogens is 789 g/mol. The van der Waals surface area contributed by atoms with Crippen LogP contribution in [0.2, 0.25) is 0 Å². The second-order valence-corrected chi connectivity index (χ2v) is 15.9. The fraction of sp³-hybridized carbons (Fsp3) is 0.559. The van der Waals surface area contributed by atoms with Gasteiger partial charge in [0.1, 0.15) is 6.61 Å². The summed E-state index contributed by atoms with van der Waals surface area (Å²) in [6, 6.07) is 0. The highest BCUT2D eigenvalue weighted by Crippen LogP contribution is 2.12. The molecule has 1 atom stereocenters. The van der Waals surface area contributed by atoms with Gasteiger partial charge in [-0.2, -0.15) is 0 Å². The molecule has 0 amide bonds. The summed E-state index contributed by atoms with van der Waals surface area (Å²) in [5.41, 5.74) is 0. The van der Waals surface area contributed by atoms with Crippen LogP contribution in [0.3, 0.4) is 0 Å². The highest BCUT2D eigenvalue weighted by atomic mass is 16.6. The monoisotopic (exact) mass is 881 g/mol. The molecule has 0 aromatic rings. The Morgan fingerprint density at radius 3 is 1.11 bits per heavy atom. The Balaban J connectivity index is 4.47. The standard InChI is InChI=1S/C59H92O5/c1-4-7-10-13-16-19-22-25-27-29-31-33-36-39-42-45-48-51-54-62-55-57(64-59(61)53-50-47-44-41-38-34-24-21-18-15-12-9-6-3)56-63-58(60)52-49-46-43-40-37-35-32-30-28-26-23-20-17-14-11-8-5-2/h7-12,16-21,25-28,31,33-34,38-39,42,44,47,57H,4-6,13-15,22-24,29-30,32,35-37,40-41,43,45-46,48-56H2,1-3H3/b10-7-,11-8-,12-9-,19-16-,20-17-,21-18-,27-25-,28-26-,33-31-,38-34-,42-39-,47-44-. The quantitative estimate of drug-likeness (QED) is 0.0347. The predicted molar refractivity (Wildman–Crippen MR) is 278 cm³/mol. The number of carbonyl (C=O) groups excluding carboxylic acids is 2. The molecule has 358 valence electrons. The average molecular weight is 881 g/mol. The summed E-state index contributed by atoms with van der Waals surface area (Å²) >= 11 is 0. The van der Waals surface area contributed by atoms with Crippen molar-refractivity contribution >= 4 is 11.9 Å². The fourth-order valence-electron chi connectivity index (χ4n) is 6.21. The summed E-state index contributed by atoms with van der Waals surface area (Å²) in [6.07, 6.45) is 77.3. The lowest BCUT2D eigenvalue weighted by Crippen LogP contribution is -2.30. The number of allylic oxidation sites excluding steroid dienone is 24. The molecule has 5 heteroatoms. The van der Waals surface area contributed by atoms with E-state index in [0.29, 0.717) is 19.4 Å². The van der Waals surface area contributed by atoms with Crippen LogP contribution in [0.25, 0.3) is 0 Å². The Morgan fingerprint density at radius 1 is 0.344 bits per heavy atom.